The summed E-state index contributed by atoms with van der Waals surface area (Å²) in [6, 6.07) is -0.512. The van der Waals surface area contributed by atoms with Crippen LogP contribution >= 0.6 is 0 Å². The second-order valence-corrected chi connectivity index (χ2v) is 6.22. The smallest absolute Gasteiger partial charge is 0.407 e. The highest BCUT2D eigenvalue weighted by molar-refractivity contribution is 5.68. The number of aldehydes is 1. The SMILES string of the molecule is CC(C)(C)OC(=O)N[C@H](CF)C1CCC(C=O)CC1. The molecule has 1 fully saturated rings. The van der Waals surface area contributed by atoms with Gasteiger partial charge in [0.1, 0.15) is 18.6 Å². The summed E-state index contributed by atoms with van der Waals surface area (Å²) in [6.45, 7) is 4.71. The molecule has 0 spiro atoms. The largest absolute Gasteiger partial charge is 0.444 e. The Labute approximate surface area is 114 Å². The van der Waals surface area contributed by atoms with Crippen molar-refractivity contribution in [2.24, 2.45) is 11.8 Å². The van der Waals surface area contributed by atoms with E-state index in [-0.39, 0.29) is 11.8 Å². The molecule has 1 aliphatic rings. The quantitative estimate of drug-likeness (QED) is 0.801. The fourth-order valence-corrected chi connectivity index (χ4v) is 2.42. The highest BCUT2D eigenvalue weighted by atomic mass is 19.1. The van der Waals surface area contributed by atoms with E-state index in [0.717, 1.165) is 32.0 Å². The maximum atomic E-state index is 13.1. The van der Waals surface area contributed by atoms with Gasteiger partial charge in [0, 0.05) is 5.92 Å². The first-order chi connectivity index (χ1) is 8.85. The molecule has 1 saturated carbocycles. The molecule has 0 aliphatic heterocycles. The van der Waals surface area contributed by atoms with E-state index in [1.54, 1.807) is 20.8 Å². The third-order valence-electron chi connectivity index (χ3n) is 3.45. The van der Waals surface area contributed by atoms with E-state index >= 15 is 0 Å². The lowest BCUT2D eigenvalue weighted by Gasteiger charge is -2.31. The number of halogens is 1. The van der Waals surface area contributed by atoms with E-state index in [1.807, 2.05) is 0 Å². The van der Waals surface area contributed by atoms with Gasteiger partial charge in [0.25, 0.3) is 0 Å². The molecule has 0 unspecified atom stereocenters. The Morgan fingerprint density at radius 2 is 1.95 bits per heavy atom. The summed E-state index contributed by atoms with van der Waals surface area (Å²) in [5, 5.41) is 2.60. The second-order valence-electron chi connectivity index (χ2n) is 6.22. The number of alkyl halides is 1. The Hall–Kier alpha value is -1.13. The van der Waals surface area contributed by atoms with Crippen molar-refractivity contribution < 1.29 is 18.7 Å². The van der Waals surface area contributed by atoms with Crippen LogP contribution in [0.3, 0.4) is 0 Å². The number of rotatable bonds is 4. The molecule has 0 aromatic heterocycles. The molecule has 1 rings (SSSR count). The molecule has 1 amide bonds. The first-order valence-corrected chi connectivity index (χ1v) is 6.86. The third-order valence-corrected chi connectivity index (χ3v) is 3.45. The van der Waals surface area contributed by atoms with Crippen LogP contribution in [0.1, 0.15) is 46.5 Å². The maximum absolute atomic E-state index is 13.1. The van der Waals surface area contributed by atoms with Crippen molar-refractivity contribution in [2.75, 3.05) is 6.67 Å². The van der Waals surface area contributed by atoms with Crippen molar-refractivity contribution in [3.63, 3.8) is 0 Å². The zero-order chi connectivity index (χ0) is 14.5. The first-order valence-electron chi connectivity index (χ1n) is 6.86. The fourth-order valence-electron chi connectivity index (χ4n) is 2.42. The molecule has 1 N–H and O–H groups in total. The number of carbonyl (C=O) groups excluding carboxylic acids is 2. The van der Waals surface area contributed by atoms with E-state index < -0.39 is 24.4 Å². The number of ether oxygens (including phenoxy) is 1. The molecule has 19 heavy (non-hydrogen) atoms. The molecular formula is C14H24FNO3. The van der Waals surface area contributed by atoms with Gasteiger partial charge in [-0.25, -0.2) is 9.18 Å². The fraction of sp³-hybridized carbons (Fsp3) is 0.857. The van der Waals surface area contributed by atoms with Gasteiger partial charge >= 0.3 is 6.09 Å². The summed E-state index contributed by atoms with van der Waals surface area (Å²) in [6.07, 6.45) is 3.50. The van der Waals surface area contributed by atoms with Gasteiger partial charge in [-0.1, -0.05) is 0 Å². The van der Waals surface area contributed by atoms with Crippen LogP contribution in [0.2, 0.25) is 0 Å². The lowest BCUT2D eigenvalue weighted by Crippen LogP contribution is -2.45. The van der Waals surface area contributed by atoms with Gasteiger partial charge in [0.05, 0.1) is 6.04 Å². The number of hydrogen-bond acceptors (Lipinski definition) is 3. The van der Waals surface area contributed by atoms with Crippen LogP contribution in [0.15, 0.2) is 0 Å². The summed E-state index contributed by atoms with van der Waals surface area (Å²) in [5.41, 5.74) is -0.583. The number of nitrogens with one attached hydrogen (secondary N) is 1. The van der Waals surface area contributed by atoms with Crippen molar-refractivity contribution in [2.45, 2.75) is 58.1 Å². The molecule has 110 valence electrons. The molecule has 4 nitrogen and oxygen atoms in total. The van der Waals surface area contributed by atoms with Crippen LogP contribution in [0.5, 0.6) is 0 Å². The number of carbonyl (C=O) groups is 2. The summed E-state index contributed by atoms with van der Waals surface area (Å²) < 4.78 is 18.2. The Morgan fingerprint density at radius 1 is 1.37 bits per heavy atom. The van der Waals surface area contributed by atoms with Crippen LogP contribution < -0.4 is 5.32 Å². The molecule has 0 saturated heterocycles. The zero-order valence-corrected chi connectivity index (χ0v) is 11.9. The minimum Gasteiger partial charge on any atom is -0.444 e. The predicted octanol–water partition coefficient (Wildman–Crippen LogP) is 2.85. The molecule has 0 radical (unpaired) electrons. The summed E-state index contributed by atoms with van der Waals surface area (Å²) >= 11 is 0. The molecular weight excluding hydrogens is 249 g/mol. The van der Waals surface area contributed by atoms with Crippen LogP contribution in [-0.2, 0) is 9.53 Å². The van der Waals surface area contributed by atoms with Gasteiger partial charge in [-0.3, -0.25) is 0 Å². The van der Waals surface area contributed by atoms with Gasteiger partial charge < -0.3 is 14.8 Å². The third kappa shape index (κ3) is 5.57. The highest BCUT2D eigenvalue weighted by Gasteiger charge is 2.29. The van der Waals surface area contributed by atoms with E-state index in [4.69, 9.17) is 4.74 Å². The lowest BCUT2D eigenvalue weighted by atomic mass is 9.79. The van der Waals surface area contributed by atoms with Crippen LogP contribution in [-0.4, -0.2) is 30.7 Å². The Morgan fingerprint density at radius 3 is 2.37 bits per heavy atom. The molecule has 1 atom stereocenters. The van der Waals surface area contributed by atoms with E-state index in [2.05, 4.69) is 5.32 Å². The molecule has 0 aromatic rings. The van der Waals surface area contributed by atoms with E-state index in [1.165, 1.54) is 0 Å². The molecule has 0 aromatic carbocycles. The summed E-state index contributed by atoms with van der Waals surface area (Å²) in [7, 11) is 0. The second kappa shape index (κ2) is 6.87. The minimum atomic E-state index is -0.602. The Kier molecular flexibility index (Phi) is 5.76. The van der Waals surface area contributed by atoms with Crippen molar-refractivity contribution in [1.82, 2.24) is 5.32 Å². The van der Waals surface area contributed by atoms with Gasteiger partial charge in [0.15, 0.2) is 0 Å². The molecule has 0 bridgehead atoms. The molecule has 0 heterocycles. The Balaban J connectivity index is 2.45. The van der Waals surface area contributed by atoms with Crippen LogP contribution in [0, 0.1) is 11.8 Å². The van der Waals surface area contributed by atoms with Gasteiger partial charge in [-0.2, -0.15) is 0 Å². The first kappa shape index (κ1) is 15.9. The number of alkyl carbamates (subject to hydrolysis) is 1. The maximum Gasteiger partial charge on any atom is 0.407 e. The average Bonchev–Trinajstić information content (AvgIpc) is 2.34. The minimum absolute atomic E-state index is 0.0914. The average molecular weight is 273 g/mol. The van der Waals surface area contributed by atoms with Crippen molar-refractivity contribution in [1.29, 1.82) is 0 Å². The number of hydrogen-bond donors (Lipinski definition) is 1. The summed E-state index contributed by atoms with van der Waals surface area (Å²) in [5.74, 6) is 0.187. The molecule has 5 heteroatoms. The van der Waals surface area contributed by atoms with Gasteiger partial charge in [-0.15, -0.1) is 0 Å². The van der Waals surface area contributed by atoms with E-state index in [9.17, 15) is 14.0 Å². The summed E-state index contributed by atoms with van der Waals surface area (Å²) in [4.78, 5) is 22.3. The normalized spacial score (nSPS) is 25.5. The van der Waals surface area contributed by atoms with Crippen LogP contribution in [0.4, 0.5) is 9.18 Å². The van der Waals surface area contributed by atoms with Crippen molar-refractivity contribution in [3.05, 3.63) is 0 Å². The van der Waals surface area contributed by atoms with Gasteiger partial charge in [-0.05, 0) is 52.4 Å². The highest BCUT2D eigenvalue weighted by Crippen LogP contribution is 2.30. The van der Waals surface area contributed by atoms with Crippen LogP contribution in [0.25, 0.3) is 0 Å². The zero-order valence-electron chi connectivity index (χ0n) is 11.9. The topological polar surface area (TPSA) is 55.4 Å². The van der Waals surface area contributed by atoms with Gasteiger partial charge in [0.2, 0.25) is 0 Å². The van der Waals surface area contributed by atoms with Crippen molar-refractivity contribution >= 4 is 12.4 Å². The molecule has 1 aliphatic carbocycles. The van der Waals surface area contributed by atoms with Crippen molar-refractivity contribution in [3.8, 4) is 0 Å². The predicted molar refractivity (Wildman–Crippen MR) is 70.6 cm³/mol. The lowest BCUT2D eigenvalue weighted by molar-refractivity contribution is -0.112. The van der Waals surface area contributed by atoms with E-state index in [0.29, 0.717) is 0 Å². The monoisotopic (exact) mass is 273 g/mol. The number of amides is 1. The Bertz CT molecular complexity index is 306. The standard InChI is InChI=1S/C14H24FNO3/c1-14(2,3)19-13(18)16-12(8-15)11-6-4-10(9-17)5-7-11/h9-12H,4-8H2,1-3H3,(H,16,18)/t10?,11?,12-/m1/s1.